The summed E-state index contributed by atoms with van der Waals surface area (Å²) >= 11 is -2.00. The van der Waals surface area contributed by atoms with Crippen LogP contribution in [0, 0.1) is 5.92 Å². The van der Waals surface area contributed by atoms with Gasteiger partial charge in [-0.2, -0.15) is 0 Å². The van der Waals surface area contributed by atoms with Crippen LogP contribution in [0.1, 0.15) is 22.8 Å². The van der Waals surface area contributed by atoms with E-state index in [1.807, 2.05) is 6.92 Å². The molecule has 0 aliphatic heterocycles. The lowest BCUT2D eigenvalue weighted by molar-refractivity contribution is 0.0946. The van der Waals surface area contributed by atoms with Gasteiger partial charge in [0.1, 0.15) is 0 Å². The largest absolute Gasteiger partial charge is 0.302 e. The van der Waals surface area contributed by atoms with E-state index in [1.165, 1.54) is 6.07 Å². The van der Waals surface area contributed by atoms with Crippen molar-refractivity contribution in [1.29, 1.82) is 0 Å². The standard InChI is InChI=1S/C10H10O3S/c1-6-4-7-2-3-8(14(12)13)5-9(7)10(6)11/h2-3,5-6H,4H2,1H3,(H,12,13). The fraction of sp³-hybridized carbons (Fsp3) is 0.300. The third-order valence-corrected chi connectivity index (χ3v) is 3.18. The van der Waals surface area contributed by atoms with Crippen molar-refractivity contribution in [3.63, 3.8) is 0 Å². The maximum Gasteiger partial charge on any atom is 0.186 e. The lowest BCUT2D eigenvalue weighted by Gasteiger charge is -1.99. The normalized spacial score (nSPS) is 22.1. The summed E-state index contributed by atoms with van der Waals surface area (Å²) in [6.07, 6.45) is 0.743. The average molecular weight is 210 g/mol. The van der Waals surface area contributed by atoms with Crippen molar-refractivity contribution in [2.24, 2.45) is 5.92 Å². The van der Waals surface area contributed by atoms with Crippen molar-refractivity contribution in [3.05, 3.63) is 29.3 Å². The van der Waals surface area contributed by atoms with Crippen LogP contribution >= 0.6 is 0 Å². The van der Waals surface area contributed by atoms with Gasteiger partial charge in [-0.15, -0.1) is 0 Å². The molecule has 0 aromatic heterocycles. The van der Waals surface area contributed by atoms with Gasteiger partial charge < -0.3 is 4.55 Å². The van der Waals surface area contributed by atoms with Crippen molar-refractivity contribution in [3.8, 4) is 0 Å². The van der Waals surface area contributed by atoms with Gasteiger partial charge in [0, 0.05) is 11.5 Å². The van der Waals surface area contributed by atoms with Crippen molar-refractivity contribution >= 4 is 16.9 Å². The Labute approximate surface area is 84.4 Å². The van der Waals surface area contributed by atoms with Gasteiger partial charge in [0.05, 0.1) is 4.90 Å². The van der Waals surface area contributed by atoms with E-state index in [4.69, 9.17) is 4.55 Å². The molecule has 4 heteroatoms. The van der Waals surface area contributed by atoms with Crippen LogP contribution in [0.15, 0.2) is 23.1 Å². The summed E-state index contributed by atoms with van der Waals surface area (Å²) in [7, 11) is 0. The third kappa shape index (κ3) is 1.40. The zero-order valence-corrected chi connectivity index (χ0v) is 8.50. The first-order chi connectivity index (χ1) is 6.59. The Morgan fingerprint density at radius 2 is 2.21 bits per heavy atom. The Kier molecular flexibility index (Phi) is 2.25. The first-order valence-electron chi connectivity index (χ1n) is 4.37. The van der Waals surface area contributed by atoms with Crippen LogP contribution in [-0.2, 0) is 17.5 Å². The minimum atomic E-state index is -2.00. The van der Waals surface area contributed by atoms with Gasteiger partial charge in [0.2, 0.25) is 0 Å². The summed E-state index contributed by atoms with van der Waals surface area (Å²) in [6, 6.07) is 4.89. The fourth-order valence-corrected chi connectivity index (χ4v) is 2.16. The SMILES string of the molecule is CC1Cc2ccc(S(=O)O)cc2C1=O. The van der Waals surface area contributed by atoms with Gasteiger partial charge in [-0.3, -0.25) is 4.79 Å². The Morgan fingerprint density at radius 3 is 2.86 bits per heavy atom. The van der Waals surface area contributed by atoms with Gasteiger partial charge in [-0.1, -0.05) is 13.0 Å². The van der Waals surface area contributed by atoms with Crippen molar-refractivity contribution in [2.45, 2.75) is 18.2 Å². The number of carbonyl (C=O) groups excluding carboxylic acids is 1. The number of fused-ring (bicyclic) bond motifs is 1. The molecule has 2 unspecified atom stereocenters. The lowest BCUT2D eigenvalue weighted by Crippen LogP contribution is -2.03. The second kappa shape index (κ2) is 3.29. The van der Waals surface area contributed by atoms with Crippen molar-refractivity contribution in [1.82, 2.24) is 0 Å². The molecule has 3 nitrogen and oxygen atoms in total. The van der Waals surface area contributed by atoms with Gasteiger partial charge in [-0.25, -0.2) is 4.21 Å². The molecule has 0 fully saturated rings. The van der Waals surface area contributed by atoms with E-state index < -0.39 is 11.1 Å². The lowest BCUT2D eigenvalue weighted by atomic mass is 10.1. The predicted molar refractivity (Wildman–Crippen MR) is 52.7 cm³/mol. The number of benzene rings is 1. The van der Waals surface area contributed by atoms with Crippen LogP contribution in [0.4, 0.5) is 0 Å². The van der Waals surface area contributed by atoms with Gasteiger partial charge in [-0.05, 0) is 24.1 Å². The summed E-state index contributed by atoms with van der Waals surface area (Å²) in [6.45, 7) is 1.87. The molecule has 0 saturated carbocycles. The highest BCUT2D eigenvalue weighted by molar-refractivity contribution is 7.79. The number of Topliss-reactive ketones (excluding diaryl/α,β-unsaturated/α-hetero) is 1. The minimum absolute atomic E-state index is 0.00683. The number of carbonyl (C=O) groups is 1. The quantitative estimate of drug-likeness (QED) is 0.717. The maximum atomic E-state index is 11.6. The van der Waals surface area contributed by atoms with Crippen LogP contribution in [0.3, 0.4) is 0 Å². The van der Waals surface area contributed by atoms with E-state index in [0.717, 1.165) is 12.0 Å². The predicted octanol–water partition coefficient (Wildman–Crippen LogP) is 1.64. The topological polar surface area (TPSA) is 54.4 Å². The minimum Gasteiger partial charge on any atom is -0.302 e. The molecule has 0 heterocycles. The molecule has 2 atom stereocenters. The highest BCUT2D eigenvalue weighted by atomic mass is 32.2. The van der Waals surface area contributed by atoms with Crippen LogP contribution in [0.25, 0.3) is 0 Å². The molecule has 1 aliphatic rings. The monoisotopic (exact) mass is 210 g/mol. The second-order valence-corrected chi connectivity index (χ2v) is 4.51. The van der Waals surface area contributed by atoms with E-state index in [1.54, 1.807) is 12.1 Å². The molecular weight excluding hydrogens is 200 g/mol. The van der Waals surface area contributed by atoms with E-state index in [-0.39, 0.29) is 11.7 Å². The van der Waals surface area contributed by atoms with Crippen LogP contribution in [0.5, 0.6) is 0 Å². The van der Waals surface area contributed by atoms with Crippen LogP contribution in [0.2, 0.25) is 0 Å². The van der Waals surface area contributed by atoms with E-state index >= 15 is 0 Å². The smallest absolute Gasteiger partial charge is 0.186 e. The molecule has 1 aromatic rings. The van der Waals surface area contributed by atoms with Crippen molar-refractivity contribution < 1.29 is 13.6 Å². The zero-order chi connectivity index (χ0) is 10.3. The van der Waals surface area contributed by atoms with Gasteiger partial charge in [0.25, 0.3) is 0 Å². The van der Waals surface area contributed by atoms with Crippen molar-refractivity contribution in [2.75, 3.05) is 0 Å². The number of rotatable bonds is 1. The van der Waals surface area contributed by atoms with Crippen LogP contribution < -0.4 is 0 Å². The summed E-state index contributed by atoms with van der Waals surface area (Å²) < 4.78 is 19.7. The Balaban J connectivity index is 2.51. The number of hydrogen-bond donors (Lipinski definition) is 1. The molecule has 1 N–H and O–H groups in total. The Hall–Kier alpha value is -1.00. The second-order valence-electron chi connectivity index (χ2n) is 3.54. The molecule has 74 valence electrons. The number of hydrogen-bond acceptors (Lipinski definition) is 2. The number of ketones is 1. The summed E-state index contributed by atoms with van der Waals surface area (Å²) in [4.78, 5) is 11.9. The highest BCUT2D eigenvalue weighted by Crippen LogP contribution is 2.27. The Bertz CT molecular complexity index is 425. The fourth-order valence-electron chi connectivity index (χ4n) is 1.76. The first-order valence-corrected chi connectivity index (χ1v) is 5.48. The molecule has 2 rings (SSSR count). The molecule has 0 bridgehead atoms. The highest BCUT2D eigenvalue weighted by Gasteiger charge is 2.27. The molecule has 0 amide bonds. The van der Waals surface area contributed by atoms with Crippen LogP contribution in [-0.4, -0.2) is 14.5 Å². The molecule has 0 spiro atoms. The van der Waals surface area contributed by atoms with Gasteiger partial charge in [0.15, 0.2) is 16.9 Å². The molecule has 1 aliphatic carbocycles. The molecule has 14 heavy (non-hydrogen) atoms. The third-order valence-electron chi connectivity index (χ3n) is 2.52. The maximum absolute atomic E-state index is 11.6. The molecular formula is C10H10O3S. The van der Waals surface area contributed by atoms with Gasteiger partial charge >= 0.3 is 0 Å². The first kappa shape index (κ1) is 9.55. The molecule has 0 radical (unpaired) electrons. The summed E-state index contributed by atoms with van der Waals surface area (Å²) in [5.74, 6) is 0.0830. The van der Waals surface area contributed by atoms with E-state index in [9.17, 15) is 9.00 Å². The summed E-state index contributed by atoms with van der Waals surface area (Å²) in [5.41, 5.74) is 1.59. The van der Waals surface area contributed by atoms with E-state index in [0.29, 0.717) is 10.5 Å². The molecule has 0 saturated heterocycles. The Morgan fingerprint density at radius 1 is 1.50 bits per heavy atom. The average Bonchev–Trinajstić information content (AvgIpc) is 2.43. The molecule has 1 aromatic carbocycles. The van der Waals surface area contributed by atoms with E-state index in [2.05, 4.69) is 0 Å². The zero-order valence-electron chi connectivity index (χ0n) is 7.69. The summed E-state index contributed by atoms with van der Waals surface area (Å²) in [5, 5.41) is 0.